The second kappa shape index (κ2) is 7.90. The van der Waals surface area contributed by atoms with Crippen molar-refractivity contribution < 1.29 is 18.7 Å². The Hall–Kier alpha value is -1.44. The van der Waals surface area contributed by atoms with Crippen molar-refractivity contribution in [1.29, 1.82) is 0 Å². The molecule has 0 saturated carbocycles. The zero-order chi connectivity index (χ0) is 17.0. The smallest absolute Gasteiger partial charge is 0.345 e. The van der Waals surface area contributed by atoms with E-state index >= 15 is 0 Å². The first-order chi connectivity index (χ1) is 10.9. The van der Waals surface area contributed by atoms with Crippen LogP contribution < -0.4 is 5.32 Å². The number of ether oxygens (including phenoxy) is 1. The Bertz CT molecular complexity index is 694. The molecule has 0 atom stereocenters. The highest BCUT2D eigenvalue weighted by Gasteiger charge is 2.27. The van der Waals surface area contributed by atoms with Crippen LogP contribution in [0.1, 0.15) is 13.8 Å². The molecule has 1 aromatic rings. The summed E-state index contributed by atoms with van der Waals surface area (Å²) in [6, 6.07) is 3.78. The number of hydrogen-bond donors (Lipinski definition) is 1. The number of halogens is 2. The van der Waals surface area contributed by atoms with Gasteiger partial charge in [0, 0.05) is 5.69 Å². The Labute approximate surface area is 146 Å². The van der Waals surface area contributed by atoms with Crippen molar-refractivity contribution in [3.8, 4) is 0 Å². The molecule has 0 bridgehead atoms. The summed E-state index contributed by atoms with van der Waals surface area (Å²) in [6.45, 7) is 3.40. The first kappa shape index (κ1) is 17.9. The SMILES string of the molecule is CC(C)OC(=O)C(C(=O)Nc1ccc(F)c(Cl)c1)=C1SC=CS1. The maximum atomic E-state index is 13.2. The molecule has 0 saturated heterocycles. The molecule has 0 fully saturated rings. The predicted octanol–water partition coefficient (Wildman–Crippen LogP) is 4.53. The molecule has 1 heterocycles. The Morgan fingerprint density at radius 3 is 2.48 bits per heavy atom. The summed E-state index contributed by atoms with van der Waals surface area (Å²) in [4.78, 5) is 24.7. The normalized spacial score (nSPS) is 13.3. The number of benzene rings is 1. The van der Waals surface area contributed by atoms with E-state index in [0.29, 0.717) is 4.24 Å². The lowest BCUT2D eigenvalue weighted by Crippen LogP contribution is -2.25. The minimum absolute atomic E-state index is 0.0841. The fraction of sp³-hybridized carbons (Fsp3) is 0.200. The van der Waals surface area contributed by atoms with Crippen LogP contribution in [0.5, 0.6) is 0 Å². The number of nitrogens with one attached hydrogen (secondary N) is 1. The third-order valence-corrected chi connectivity index (χ3v) is 4.98. The first-order valence-corrected chi connectivity index (χ1v) is 8.72. The van der Waals surface area contributed by atoms with Crippen molar-refractivity contribution in [2.45, 2.75) is 20.0 Å². The Kier molecular flexibility index (Phi) is 6.15. The summed E-state index contributed by atoms with van der Waals surface area (Å²) >= 11 is 8.22. The van der Waals surface area contributed by atoms with Gasteiger partial charge in [0.05, 0.1) is 15.4 Å². The van der Waals surface area contributed by atoms with Crippen LogP contribution in [0.2, 0.25) is 5.02 Å². The molecule has 122 valence electrons. The summed E-state index contributed by atoms with van der Waals surface area (Å²) in [5, 5.41) is 5.96. The third-order valence-electron chi connectivity index (χ3n) is 2.56. The van der Waals surface area contributed by atoms with Gasteiger partial charge in [-0.15, -0.1) is 0 Å². The molecule has 1 aliphatic rings. The van der Waals surface area contributed by atoms with Crippen molar-refractivity contribution in [3.63, 3.8) is 0 Å². The zero-order valence-corrected chi connectivity index (χ0v) is 14.7. The summed E-state index contributed by atoms with van der Waals surface area (Å²) in [5.74, 6) is -1.92. The molecular weight excluding hydrogens is 361 g/mol. The summed E-state index contributed by atoms with van der Waals surface area (Å²) in [5.41, 5.74) is 0.206. The second-order valence-corrected chi connectivity index (χ2v) is 7.21. The highest BCUT2D eigenvalue weighted by molar-refractivity contribution is 8.27. The van der Waals surface area contributed by atoms with Crippen LogP contribution in [0, 0.1) is 5.82 Å². The summed E-state index contributed by atoms with van der Waals surface area (Å²) in [6.07, 6.45) is -0.351. The van der Waals surface area contributed by atoms with Crippen LogP contribution >= 0.6 is 35.1 Å². The van der Waals surface area contributed by atoms with E-state index in [9.17, 15) is 14.0 Å². The maximum Gasteiger partial charge on any atom is 0.345 e. The number of anilines is 1. The second-order valence-electron chi connectivity index (χ2n) is 4.71. The van der Waals surface area contributed by atoms with E-state index in [1.807, 2.05) is 0 Å². The van der Waals surface area contributed by atoms with Gasteiger partial charge < -0.3 is 10.1 Å². The highest BCUT2D eigenvalue weighted by atomic mass is 35.5. The fourth-order valence-corrected chi connectivity index (χ4v) is 3.65. The Balaban J connectivity index is 2.25. The first-order valence-electron chi connectivity index (χ1n) is 6.58. The molecule has 0 radical (unpaired) electrons. The number of thioether (sulfide) groups is 2. The molecule has 2 rings (SSSR count). The van der Waals surface area contributed by atoms with Gasteiger partial charge in [-0.25, -0.2) is 9.18 Å². The quantitative estimate of drug-likeness (QED) is 0.363. The molecule has 0 spiro atoms. The molecule has 1 aliphatic heterocycles. The number of amides is 1. The maximum absolute atomic E-state index is 13.2. The number of esters is 1. The van der Waals surface area contributed by atoms with Gasteiger partial charge in [-0.2, -0.15) is 0 Å². The molecule has 23 heavy (non-hydrogen) atoms. The minimum Gasteiger partial charge on any atom is -0.459 e. The lowest BCUT2D eigenvalue weighted by Gasteiger charge is -2.13. The van der Waals surface area contributed by atoms with Crippen LogP contribution in [0.15, 0.2) is 38.8 Å². The van der Waals surface area contributed by atoms with Crippen LogP contribution in [0.4, 0.5) is 10.1 Å². The Morgan fingerprint density at radius 1 is 1.26 bits per heavy atom. The minimum atomic E-state index is -0.704. The molecule has 0 aromatic heterocycles. The molecule has 0 aliphatic carbocycles. The average Bonchev–Trinajstić information content (AvgIpc) is 2.96. The summed E-state index contributed by atoms with van der Waals surface area (Å²) < 4.78 is 18.8. The van der Waals surface area contributed by atoms with Crippen molar-refractivity contribution in [3.05, 3.63) is 49.7 Å². The molecule has 1 N–H and O–H groups in total. The van der Waals surface area contributed by atoms with E-state index in [4.69, 9.17) is 16.3 Å². The van der Waals surface area contributed by atoms with Crippen LogP contribution in [-0.2, 0) is 14.3 Å². The Morgan fingerprint density at radius 2 is 1.91 bits per heavy atom. The monoisotopic (exact) mass is 373 g/mol. The molecule has 0 unspecified atom stereocenters. The van der Waals surface area contributed by atoms with E-state index in [-0.39, 0.29) is 22.4 Å². The van der Waals surface area contributed by atoms with E-state index < -0.39 is 17.7 Å². The zero-order valence-electron chi connectivity index (χ0n) is 12.3. The highest BCUT2D eigenvalue weighted by Crippen LogP contribution is 2.40. The topological polar surface area (TPSA) is 55.4 Å². The summed E-state index contributed by atoms with van der Waals surface area (Å²) in [7, 11) is 0. The third kappa shape index (κ3) is 4.76. The van der Waals surface area contributed by atoms with Crippen LogP contribution in [0.25, 0.3) is 0 Å². The van der Waals surface area contributed by atoms with Crippen LogP contribution in [0.3, 0.4) is 0 Å². The largest absolute Gasteiger partial charge is 0.459 e. The lowest BCUT2D eigenvalue weighted by atomic mass is 10.2. The van der Waals surface area contributed by atoms with Crippen molar-refractivity contribution >= 4 is 52.7 Å². The van der Waals surface area contributed by atoms with Crippen molar-refractivity contribution in [1.82, 2.24) is 0 Å². The van der Waals surface area contributed by atoms with E-state index in [2.05, 4.69) is 5.32 Å². The van der Waals surface area contributed by atoms with E-state index in [1.54, 1.807) is 24.7 Å². The number of carbonyl (C=O) groups excluding carboxylic acids is 2. The number of carbonyl (C=O) groups is 2. The molecule has 8 heteroatoms. The average molecular weight is 374 g/mol. The predicted molar refractivity (Wildman–Crippen MR) is 92.6 cm³/mol. The van der Waals surface area contributed by atoms with Gasteiger partial charge in [0.1, 0.15) is 11.4 Å². The van der Waals surface area contributed by atoms with E-state index in [1.165, 1.54) is 35.7 Å². The van der Waals surface area contributed by atoms with E-state index in [0.717, 1.165) is 6.07 Å². The van der Waals surface area contributed by atoms with Gasteiger partial charge in [0.25, 0.3) is 5.91 Å². The lowest BCUT2D eigenvalue weighted by molar-refractivity contribution is -0.143. The molecular formula is C15H13ClFNO3S2. The van der Waals surface area contributed by atoms with Gasteiger partial charge in [-0.05, 0) is 42.9 Å². The van der Waals surface area contributed by atoms with Crippen molar-refractivity contribution in [2.24, 2.45) is 0 Å². The van der Waals surface area contributed by atoms with Gasteiger partial charge in [0.2, 0.25) is 0 Å². The molecule has 1 aromatic carbocycles. The van der Waals surface area contributed by atoms with Gasteiger partial charge in [0.15, 0.2) is 0 Å². The fourth-order valence-electron chi connectivity index (χ4n) is 1.63. The van der Waals surface area contributed by atoms with Gasteiger partial charge >= 0.3 is 5.97 Å². The standard InChI is InChI=1S/C15H13ClFNO3S2/c1-8(2)21-14(20)12(15-22-5-6-23-15)13(19)18-9-3-4-11(17)10(16)7-9/h3-8H,1-2H3,(H,18,19). The number of hydrogen-bond acceptors (Lipinski definition) is 5. The van der Waals surface area contributed by atoms with Gasteiger partial charge in [-0.3, -0.25) is 4.79 Å². The van der Waals surface area contributed by atoms with Gasteiger partial charge in [-0.1, -0.05) is 35.1 Å². The number of rotatable bonds is 4. The van der Waals surface area contributed by atoms with Crippen molar-refractivity contribution in [2.75, 3.05) is 5.32 Å². The molecule has 4 nitrogen and oxygen atoms in total. The van der Waals surface area contributed by atoms with Crippen LogP contribution in [-0.4, -0.2) is 18.0 Å². The molecule has 1 amide bonds.